The van der Waals surface area contributed by atoms with Gasteiger partial charge in [0.15, 0.2) is 0 Å². The first kappa shape index (κ1) is 18.4. The molecule has 0 bridgehead atoms. The molecule has 1 saturated heterocycles. The maximum Gasteiger partial charge on any atom is 0.251 e. The average molecular weight is 376 g/mol. The minimum atomic E-state index is -0.122. The number of hydrogen-bond acceptors (Lipinski definition) is 5. The van der Waals surface area contributed by atoms with Gasteiger partial charge < -0.3 is 9.72 Å². The molecule has 1 atom stereocenters. The Bertz CT molecular complexity index is 987. The quantitative estimate of drug-likeness (QED) is 0.737. The molecule has 1 N–H and O–H groups in total. The van der Waals surface area contributed by atoms with Crippen LogP contribution in [-0.4, -0.2) is 33.5 Å². The van der Waals surface area contributed by atoms with Crippen molar-refractivity contribution in [2.45, 2.75) is 31.8 Å². The zero-order chi connectivity index (χ0) is 19.3. The largest absolute Gasteiger partial charge is 0.497 e. The van der Waals surface area contributed by atoms with Crippen LogP contribution in [0.2, 0.25) is 0 Å². The van der Waals surface area contributed by atoms with Crippen LogP contribution in [0, 0.1) is 0 Å². The molecule has 0 aliphatic carbocycles. The zero-order valence-electron chi connectivity index (χ0n) is 16.0. The molecule has 3 heterocycles. The highest BCUT2D eigenvalue weighted by molar-refractivity contribution is 5.53. The van der Waals surface area contributed by atoms with E-state index in [1.54, 1.807) is 25.6 Å². The van der Waals surface area contributed by atoms with Gasteiger partial charge in [-0.2, -0.15) is 0 Å². The second-order valence-electron chi connectivity index (χ2n) is 7.09. The molecule has 4 rings (SSSR count). The average Bonchev–Trinajstić information content (AvgIpc) is 2.74. The first-order valence-electron chi connectivity index (χ1n) is 9.61. The first-order chi connectivity index (χ1) is 13.7. The number of benzene rings is 1. The summed E-state index contributed by atoms with van der Waals surface area (Å²) < 4.78 is 5.35. The van der Waals surface area contributed by atoms with Crippen molar-refractivity contribution in [2.24, 2.45) is 0 Å². The summed E-state index contributed by atoms with van der Waals surface area (Å²) in [5.41, 5.74) is 2.77. The molecule has 0 radical (unpaired) electrons. The van der Waals surface area contributed by atoms with Crippen LogP contribution in [0.4, 0.5) is 0 Å². The SMILES string of the molecule is COc1cccc(CN2CCCCC2c2cc(=O)[nH]c(-c3ccncc3)n2)c1. The van der Waals surface area contributed by atoms with E-state index in [0.29, 0.717) is 5.82 Å². The Hall–Kier alpha value is -2.99. The summed E-state index contributed by atoms with van der Waals surface area (Å²) in [4.78, 5) is 26.4. The van der Waals surface area contributed by atoms with Crippen LogP contribution >= 0.6 is 0 Å². The van der Waals surface area contributed by atoms with Crippen molar-refractivity contribution in [1.82, 2.24) is 19.9 Å². The van der Waals surface area contributed by atoms with E-state index < -0.39 is 0 Å². The van der Waals surface area contributed by atoms with Crippen LogP contribution < -0.4 is 10.3 Å². The van der Waals surface area contributed by atoms with Gasteiger partial charge in [0.25, 0.3) is 5.56 Å². The standard InChI is InChI=1S/C22H24N4O2/c1-28-18-6-4-5-16(13-18)15-26-12-3-2-7-20(26)19-14-21(27)25-22(24-19)17-8-10-23-11-9-17/h4-6,8-11,13-14,20H,2-3,7,12,15H2,1H3,(H,24,25,27). The van der Waals surface area contributed by atoms with Crippen LogP contribution in [0.3, 0.4) is 0 Å². The lowest BCUT2D eigenvalue weighted by molar-refractivity contribution is 0.137. The van der Waals surface area contributed by atoms with E-state index in [0.717, 1.165) is 49.4 Å². The first-order valence-corrected chi connectivity index (χ1v) is 9.61. The number of hydrogen-bond donors (Lipinski definition) is 1. The molecule has 3 aromatic rings. The lowest BCUT2D eigenvalue weighted by atomic mass is 9.98. The Morgan fingerprint density at radius 2 is 2.04 bits per heavy atom. The highest BCUT2D eigenvalue weighted by Crippen LogP contribution is 2.31. The van der Waals surface area contributed by atoms with E-state index in [2.05, 4.69) is 27.0 Å². The highest BCUT2D eigenvalue weighted by Gasteiger charge is 2.26. The monoisotopic (exact) mass is 376 g/mol. The second kappa shape index (κ2) is 8.35. The van der Waals surface area contributed by atoms with Gasteiger partial charge in [-0.05, 0) is 49.2 Å². The number of aromatic amines is 1. The molecule has 144 valence electrons. The number of pyridine rings is 1. The summed E-state index contributed by atoms with van der Waals surface area (Å²) in [5, 5.41) is 0. The predicted molar refractivity (Wildman–Crippen MR) is 108 cm³/mol. The van der Waals surface area contributed by atoms with Crippen molar-refractivity contribution in [3.8, 4) is 17.1 Å². The zero-order valence-corrected chi connectivity index (χ0v) is 16.0. The minimum Gasteiger partial charge on any atom is -0.497 e. The predicted octanol–water partition coefficient (Wildman–Crippen LogP) is 3.57. The van der Waals surface area contributed by atoms with Crippen molar-refractivity contribution in [1.29, 1.82) is 0 Å². The van der Waals surface area contributed by atoms with Crippen LogP contribution in [0.15, 0.2) is 59.7 Å². The molecule has 6 nitrogen and oxygen atoms in total. The van der Waals surface area contributed by atoms with Crippen molar-refractivity contribution in [2.75, 3.05) is 13.7 Å². The van der Waals surface area contributed by atoms with Crippen LogP contribution in [-0.2, 0) is 6.54 Å². The topological polar surface area (TPSA) is 71.1 Å². The Balaban J connectivity index is 1.64. The molecule has 2 aromatic heterocycles. The Labute approximate surface area is 164 Å². The summed E-state index contributed by atoms with van der Waals surface area (Å²) in [6, 6.07) is 13.6. The van der Waals surface area contributed by atoms with E-state index in [4.69, 9.17) is 9.72 Å². The summed E-state index contributed by atoms with van der Waals surface area (Å²) in [6.07, 6.45) is 6.70. The van der Waals surface area contributed by atoms with Gasteiger partial charge in [0.2, 0.25) is 0 Å². The van der Waals surface area contributed by atoms with Gasteiger partial charge in [-0.25, -0.2) is 4.98 Å². The van der Waals surface area contributed by atoms with E-state index in [1.807, 2.05) is 24.3 Å². The third-order valence-corrected chi connectivity index (χ3v) is 5.19. The number of piperidine rings is 1. The summed E-state index contributed by atoms with van der Waals surface area (Å²) in [5.74, 6) is 1.46. The molecule has 1 aliphatic rings. The Morgan fingerprint density at radius 1 is 1.18 bits per heavy atom. The summed E-state index contributed by atoms with van der Waals surface area (Å²) >= 11 is 0. The van der Waals surface area contributed by atoms with Crippen LogP contribution in [0.25, 0.3) is 11.4 Å². The fourth-order valence-corrected chi connectivity index (χ4v) is 3.81. The maximum atomic E-state index is 12.3. The van der Waals surface area contributed by atoms with Crippen LogP contribution in [0.1, 0.15) is 36.6 Å². The highest BCUT2D eigenvalue weighted by atomic mass is 16.5. The van der Waals surface area contributed by atoms with Crippen molar-refractivity contribution < 1.29 is 4.74 Å². The lowest BCUT2D eigenvalue weighted by Gasteiger charge is -2.35. The Morgan fingerprint density at radius 3 is 2.86 bits per heavy atom. The molecular formula is C22H24N4O2. The number of nitrogens with one attached hydrogen (secondary N) is 1. The Kier molecular flexibility index (Phi) is 5.48. The number of rotatable bonds is 5. The van der Waals surface area contributed by atoms with E-state index in [1.165, 1.54) is 5.56 Å². The lowest BCUT2D eigenvalue weighted by Crippen LogP contribution is -2.34. The molecule has 1 aliphatic heterocycles. The molecule has 0 saturated carbocycles. The molecule has 1 unspecified atom stereocenters. The summed E-state index contributed by atoms with van der Waals surface area (Å²) in [7, 11) is 1.68. The van der Waals surface area contributed by atoms with Gasteiger partial charge in [-0.15, -0.1) is 0 Å². The molecule has 1 aromatic carbocycles. The molecular weight excluding hydrogens is 352 g/mol. The minimum absolute atomic E-state index is 0.122. The molecule has 6 heteroatoms. The fourth-order valence-electron chi connectivity index (χ4n) is 3.81. The normalized spacial score (nSPS) is 17.4. The molecule has 1 fully saturated rings. The number of ether oxygens (including phenoxy) is 1. The van der Waals surface area contributed by atoms with E-state index in [9.17, 15) is 4.79 Å². The van der Waals surface area contributed by atoms with Crippen LogP contribution in [0.5, 0.6) is 5.75 Å². The second-order valence-corrected chi connectivity index (χ2v) is 7.09. The van der Waals surface area contributed by atoms with Gasteiger partial charge in [0.05, 0.1) is 18.8 Å². The van der Waals surface area contributed by atoms with Crippen molar-refractivity contribution >= 4 is 0 Å². The number of methoxy groups -OCH3 is 1. The number of aromatic nitrogens is 3. The molecule has 0 spiro atoms. The third-order valence-electron chi connectivity index (χ3n) is 5.19. The van der Waals surface area contributed by atoms with E-state index >= 15 is 0 Å². The van der Waals surface area contributed by atoms with Gasteiger partial charge >= 0.3 is 0 Å². The van der Waals surface area contributed by atoms with Gasteiger partial charge in [0, 0.05) is 30.6 Å². The number of likely N-dealkylation sites (tertiary alicyclic amines) is 1. The fraction of sp³-hybridized carbons (Fsp3) is 0.318. The van der Waals surface area contributed by atoms with Gasteiger partial charge in [-0.3, -0.25) is 14.7 Å². The van der Waals surface area contributed by atoms with Crippen molar-refractivity contribution in [3.05, 3.63) is 76.5 Å². The number of nitrogens with zero attached hydrogens (tertiary/aromatic N) is 3. The van der Waals surface area contributed by atoms with Gasteiger partial charge in [0.1, 0.15) is 11.6 Å². The smallest absolute Gasteiger partial charge is 0.251 e. The maximum absolute atomic E-state index is 12.3. The molecule has 0 amide bonds. The van der Waals surface area contributed by atoms with E-state index in [-0.39, 0.29) is 11.6 Å². The van der Waals surface area contributed by atoms with Crippen molar-refractivity contribution in [3.63, 3.8) is 0 Å². The molecule has 28 heavy (non-hydrogen) atoms. The number of H-pyrrole nitrogens is 1. The van der Waals surface area contributed by atoms with Gasteiger partial charge in [-0.1, -0.05) is 18.6 Å². The third kappa shape index (κ3) is 4.12. The summed E-state index contributed by atoms with van der Waals surface area (Å²) in [6.45, 7) is 1.79.